The molecule has 1 aromatic carbocycles. The van der Waals surface area contributed by atoms with Crippen molar-refractivity contribution in [3.05, 3.63) is 36.7 Å². The third-order valence-electron chi connectivity index (χ3n) is 4.67. The standard InChI is InChI=1S/C19H16F3N5O4S2/c1-3-27-24-10-14(26-27)11-7-16(33(29,30)4-2)17(23-9-11)18-25-13-8-12(5-6-15(13)31-18)32(28)19(20,21)22/h5-10H,3-4H2,1-2H3. The highest BCUT2D eigenvalue weighted by Gasteiger charge is 2.38. The Morgan fingerprint density at radius 2 is 1.91 bits per heavy atom. The van der Waals surface area contributed by atoms with Gasteiger partial charge in [0.25, 0.3) is 0 Å². The smallest absolute Gasteiger partial charge is 0.435 e. The van der Waals surface area contributed by atoms with Crippen LogP contribution in [0.1, 0.15) is 13.8 Å². The molecule has 0 bridgehead atoms. The second-order valence-electron chi connectivity index (χ2n) is 6.76. The number of alkyl halides is 3. The number of benzene rings is 1. The molecule has 4 rings (SSSR count). The van der Waals surface area contributed by atoms with E-state index in [9.17, 15) is 25.8 Å². The second-order valence-corrected chi connectivity index (χ2v) is 10.5. The minimum absolute atomic E-state index is 0.0169. The Kier molecular flexibility index (Phi) is 5.82. The number of nitrogens with zero attached hydrogens (tertiary/aromatic N) is 5. The highest BCUT2D eigenvalue weighted by Crippen LogP contribution is 2.33. The summed E-state index contributed by atoms with van der Waals surface area (Å²) in [5, 5.41) is 8.31. The van der Waals surface area contributed by atoms with Crippen molar-refractivity contribution < 1.29 is 30.2 Å². The summed E-state index contributed by atoms with van der Waals surface area (Å²) in [6, 6.07) is 4.57. The summed E-state index contributed by atoms with van der Waals surface area (Å²) < 4.78 is 81.2. The van der Waals surface area contributed by atoms with Gasteiger partial charge in [-0.2, -0.15) is 28.2 Å². The van der Waals surface area contributed by atoms with Crippen LogP contribution >= 0.6 is 0 Å². The van der Waals surface area contributed by atoms with E-state index in [2.05, 4.69) is 20.2 Å². The number of hydrogen-bond donors (Lipinski definition) is 0. The van der Waals surface area contributed by atoms with Crippen LogP contribution in [0, 0.1) is 0 Å². The largest absolute Gasteiger partial charge is 0.475 e. The maximum Gasteiger partial charge on any atom is 0.475 e. The van der Waals surface area contributed by atoms with Crippen molar-refractivity contribution in [3.63, 3.8) is 0 Å². The van der Waals surface area contributed by atoms with Crippen LogP contribution in [-0.4, -0.2) is 48.8 Å². The van der Waals surface area contributed by atoms with Crippen molar-refractivity contribution in [2.75, 3.05) is 5.75 Å². The summed E-state index contributed by atoms with van der Waals surface area (Å²) in [4.78, 5) is 9.09. The van der Waals surface area contributed by atoms with Crippen LogP contribution in [-0.2, 0) is 27.2 Å². The average molecular weight is 499 g/mol. The normalized spacial score (nSPS) is 13.5. The first-order valence-corrected chi connectivity index (χ1v) is 12.4. The Morgan fingerprint density at radius 3 is 2.55 bits per heavy atom. The van der Waals surface area contributed by atoms with Crippen LogP contribution in [0.5, 0.6) is 0 Å². The third kappa shape index (κ3) is 4.39. The zero-order valence-corrected chi connectivity index (χ0v) is 18.8. The maximum atomic E-state index is 12.8. The molecule has 0 amide bonds. The van der Waals surface area contributed by atoms with Crippen molar-refractivity contribution in [2.24, 2.45) is 0 Å². The zero-order chi connectivity index (χ0) is 24.0. The first kappa shape index (κ1) is 23.0. The Labute approximate surface area is 188 Å². The quantitative estimate of drug-likeness (QED) is 0.395. The van der Waals surface area contributed by atoms with Gasteiger partial charge in [0.05, 0.1) is 28.3 Å². The van der Waals surface area contributed by atoms with Crippen LogP contribution in [0.3, 0.4) is 0 Å². The lowest BCUT2D eigenvalue weighted by atomic mass is 10.2. The predicted octanol–water partition coefficient (Wildman–Crippen LogP) is 3.59. The Morgan fingerprint density at radius 1 is 1.15 bits per heavy atom. The number of hydrogen-bond acceptors (Lipinski definition) is 8. The van der Waals surface area contributed by atoms with Crippen LogP contribution in [0.15, 0.2) is 50.9 Å². The lowest BCUT2D eigenvalue weighted by Gasteiger charge is -2.07. The van der Waals surface area contributed by atoms with E-state index in [4.69, 9.17) is 4.42 Å². The number of fused-ring (bicyclic) bond motifs is 1. The van der Waals surface area contributed by atoms with Gasteiger partial charge in [0, 0.05) is 11.8 Å². The summed E-state index contributed by atoms with van der Waals surface area (Å²) in [5.74, 6) is -0.433. The van der Waals surface area contributed by atoms with Crippen molar-refractivity contribution in [1.29, 1.82) is 0 Å². The molecule has 14 heteroatoms. The van der Waals surface area contributed by atoms with Gasteiger partial charge >= 0.3 is 5.51 Å². The molecule has 0 saturated heterocycles. The van der Waals surface area contributed by atoms with E-state index in [1.807, 2.05) is 6.92 Å². The molecule has 3 heterocycles. The number of sulfone groups is 1. The zero-order valence-electron chi connectivity index (χ0n) is 17.2. The van der Waals surface area contributed by atoms with E-state index in [0.717, 1.165) is 12.1 Å². The van der Waals surface area contributed by atoms with Crippen molar-refractivity contribution in [1.82, 2.24) is 25.0 Å². The monoisotopic (exact) mass is 499 g/mol. The molecule has 0 fully saturated rings. The number of pyridine rings is 1. The van der Waals surface area contributed by atoms with Gasteiger partial charge < -0.3 is 4.42 Å². The molecule has 0 radical (unpaired) electrons. The van der Waals surface area contributed by atoms with Crippen molar-refractivity contribution in [3.8, 4) is 22.8 Å². The van der Waals surface area contributed by atoms with Gasteiger partial charge in [-0.05, 0) is 31.2 Å². The summed E-state index contributed by atoms with van der Waals surface area (Å²) in [6.45, 7) is 3.83. The topological polar surface area (TPSA) is 121 Å². The molecule has 3 aromatic heterocycles. The molecule has 0 aliphatic heterocycles. The van der Waals surface area contributed by atoms with E-state index in [-0.39, 0.29) is 33.3 Å². The van der Waals surface area contributed by atoms with Crippen molar-refractivity contribution in [2.45, 2.75) is 35.7 Å². The van der Waals surface area contributed by atoms with Gasteiger partial charge in [-0.3, -0.25) is 0 Å². The van der Waals surface area contributed by atoms with Gasteiger partial charge in [0.15, 0.2) is 26.2 Å². The van der Waals surface area contributed by atoms with Gasteiger partial charge in [-0.1, -0.05) is 6.92 Å². The Balaban J connectivity index is 1.84. The molecule has 0 N–H and O–H groups in total. The van der Waals surface area contributed by atoms with Gasteiger partial charge in [0.1, 0.15) is 16.9 Å². The first-order valence-electron chi connectivity index (χ1n) is 9.56. The average Bonchev–Trinajstić information content (AvgIpc) is 3.44. The molecule has 33 heavy (non-hydrogen) atoms. The van der Waals surface area contributed by atoms with E-state index >= 15 is 0 Å². The predicted molar refractivity (Wildman–Crippen MR) is 112 cm³/mol. The van der Waals surface area contributed by atoms with Crippen molar-refractivity contribution >= 4 is 31.7 Å². The van der Waals surface area contributed by atoms with E-state index < -0.39 is 31.0 Å². The van der Waals surface area contributed by atoms with Crippen LogP contribution in [0.25, 0.3) is 33.9 Å². The van der Waals surface area contributed by atoms with E-state index in [1.54, 1.807) is 0 Å². The molecular formula is C19H16F3N5O4S2. The van der Waals surface area contributed by atoms with Crippen LogP contribution in [0.4, 0.5) is 13.2 Å². The molecule has 0 aliphatic rings. The number of oxazole rings is 1. The van der Waals surface area contributed by atoms with Gasteiger partial charge in [-0.25, -0.2) is 22.6 Å². The lowest BCUT2D eigenvalue weighted by molar-refractivity contribution is -0.0384. The SMILES string of the molecule is CCn1ncc(-c2cnc(-c3nc4cc(S(=O)C(F)(F)F)ccc4o3)c(S(=O)(=O)CC)c2)n1. The molecule has 1 atom stereocenters. The fourth-order valence-corrected chi connectivity index (χ4v) is 4.71. The fraction of sp³-hybridized carbons (Fsp3) is 0.263. The highest BCUT2D eigenvalue weighted by atomic mass is 32.2. The van der Waals surface area contributed by atoms with E-state index in [0.29, 0.717) is 17.8 Å². The summed E-state index contributed by atoms with van der Waals surface area (Å²) in [6.07, 6.45) is 2.86. The summed E-state index contributed by atoms with van der Waals surface area (Å²) in [5.41, 5.74) is -4.14. The molecule has 1 unspecified atom stereocenters. The highest BCUT2D eigenvalue weighted by molar-refractivity contribution is 7.91. The van der Waals surface area contributed by atoms with Crippen LogP contribution in [0.2, 0.25) is 0 Å². The summed E-state index contributed by atoms with van der Waals surface area (Å²) >= 11 is 0. The Bertz CT molecular complexity index is 1480. The van der Waals surface area contributed by atoms with Crippen LogP contribution < -0.4 is 0 Å². The maximum absolute atomic E-state index is 12.8. The molecule has 0 aliphatic carbocycles. The number of aromatic nitrogens is 5. The van der Waals surface area contributed by atoms with E-state index in [1.165, 1.54) is 36.2 Å². The third-order valence-corrected chi connectivity index (χ3v) is 7.51. The minimum atomic E-state index is -4.93. The summed E-state index contributed by atoms with van der Waals surface area (Å²) in [7, 11) is -7.04. The molecule has 4 aromatic rings. The Hall–Kier alpha value is -3.13. The van der Waals surface area contributed by atoms with Gasteiger partial charge in [0.2, 0.25) is 5.89 Å². The number of aryl methyl sites for hydroxylation is 1. The lowest BCUT2D eigenvalue weighted by Crippen LogP contribution is -2.16. The second kappa shape index (κ2) is 8.33. The molecule has 174 valence electrons. The first-order chi connectivity index (χ1) is 15.5. The fourth-order valence-electron chi connectivity index (χ4n) is 2.98. The minimum Gasteiger partial charge on any atom is -0.435 e. The number of halogens is 3. The molecule has 0 saturated carbocycles. The molecular weight excluding hydrogens is 483 g/mol. The number of rotatable bonds is 6. The molecule has 9 nitrogen and oxygen atoms in total. The molecule has 0 spiro atoms. The van der Waals surface area contributed by atoms with Gasteiger partial charge in [-0.15, -0.1) is 0 Å².